The summed E-state index contributed by atoms with van der Waals surface area (Å²) in [6.45, 7) is 3.18. The first kappa shape index (κ1) is 84.2. The molecule has 4 aromatic rings. The molecular formula is C55H85N17O25S4. The van der Waals surface area contributed by atoms with Gasteiger partial charge in [-0.3, -0.25) is 38.1 Å². The van der Waals surface area contributed by atoms with Crippen LogP contribution in [0.1, 0.15) is 88.8 Å². The van der Waals surface area contributed by atoms with Gasteiger partial charge in [-0.05, 0) is 31.7 Å². The fraction of sp³-hybridized carbons (Fsp3) is 0.618. The second kappa shape index (κ2) is 38.7. The Morgan fingerprint density at radius 2 is 1.48 bits per heavy atom. The van der Waals surface area contributed by atoms with Crippen molar-refractivity contribution in [3.63, 3.8) is 0 Å². The SMILES string of the molecule is Cc1c(N)nc([C@H](CC(N)=O)NC[C@H](N)C(N)=O)nc1C(=O)N[C@H](C(=O)N[C@H](C)[C@@H](O)[C@H](C)C(=O)N[C@H](C(=O)NCCc1ncc(-c2nc(C(=O)NCCC[S+](C)C)cs2)s1)[C@@H](C)O)[C@@H](O[C@@H]1O[C@@H](CO)[C@@H](O)[C@H](O)[C@@H]1O[C@H]1O[C@H](CO)[C@@H](O)[C@H](OC(N)=O)[C@@H]1O)c1cnc[nH]1.O=S(=O)([O-])O. The van der Waals surface area contributed by atoms with E-state index < -0.39 is 193 Å². The van der Waals surface area contributed by atoms with Crippen LogP contribution in [0.2, 0.25) is 0 Å². The van der Waals surface area contributed by atoms with Gasteiger partial charge in [0, 0.05) is 56.0 Å². The van der Waals surface area contributed by atoms with Crippen LogP contribution in [0, 0.1) is 12.8 Å². The Balaban J connectivity index is 0.00000354. The standard InChI is InChI=1S/C55H83N17O21S3.H2O4S/c1-20-33(69-46(72-44(20)58)25(12-31(57)76)64-13-24(56)45(59)82)50(86)71-35(41(26-14-61-19-66-26)91-54-43(39(80)37(78)28(16-73)90-54)92-53-40(81)42(93-55(60)88)38(79)29(17-74)89-53)51(87)67-22(3)36(77)21(2)47(83)70-34(23(4)75)49(85)63-10-8-32-65-15-30(95-32)52-68-27(18-94-52)48(84)62-9-7-11-96(5)6;1-5(2,3)4/h14-15,18-19,21-25,28-29,34-43,53-54,64,73-75,77-81H,7-13,16-17,56H2,1-6H3,(H13-,57,58,59,60,61,62,63,66,67,69,70,71,72,76,82,83,84,85,86,87,88);(H2,1,2,3,4)/t21-,22+,23+,24-,25-,28-,29+,34-,35-,36-,37+,38+,39-,40-,41-,42-,43-,53+,54-;/m0./s1. The third-order valence-electron chi connectivity index (χ3n) is 15.3. The molecule has 0 radical (unpaired) electrons. The minimum absolute atomic E-state index is 0.00498. The first-order valence-corrected chi connectivity index (χ1v) is 35.8. The topological polar surface area (TPSA) is 705 Å². The van der Waals surface area contributed by atoms with Crippen LogP contribution in [0.15, 0.2) is 24.1 Å². The van der Waals surface area contributed by atoms with Gasteiger partial charge in [0.05, 0.1) is 90.1 Å². The van der Waals surface area contributed by atoms with Gasteiger partial charge < -0.3 is 135 Å². The van der Waals surface area contributed by atoms with Crippen LogP contribution in [0.3, 0.4) is 0 Å². The summed E-state index contributed by atoms with van der Waals surface area (Å²) in [6, 6.07) is -7.85. The number of thiazole rings is 2. The number of nitrogens with one attached hydrogen (secondary N) is 7. The third-order valence-corrected chi connectivity index (χ3v) is 18.4. The van der Waals surface area contributed by atoms with Crippen molar-refractivity contribution in [3.05, 3.63) is 57.6 Å². The Morgan fingerprint density at radius 3 is 2.07 bits per heavy atom. The monoisotopic (exact) mass is 1510 g/mol. The summed E-state index contributed by atoms with van der Waals surface area (Å²) in [6.07, 6.45) is -18.4. The van der Waals surface area contributed by atoms with Crippen LogP contribution < -0.4 is 60.6 Å². The number of aromatic amines is 1. The molecule has 6 heterocycles. The number of aliphatic hydroxyl groups is 8. The number of hydrogen-bond donors (Lipinski definition) is 21. The zero-order valence-electron chi connectivity index (χ0n) is 55.0. The average Bonchev–Trinajstić information content (AvgIpc) is 1.38. The first-order valence-electron chi connectivity index (χ1n) is 30.5. The van der Waals surface area contributed by atoms with Gasteiger partial charge in [0.15, 0.2) is 18.7 Å². The molecular weight excluding hydrogens is 1430 g/mol. The Hall–Kier alpha value is -7.43. The van der Waals surface area contributed by atoms with Crippen molar-refractivity contribution >= 4 is 97.2 Å². The van der Waals surface area contributed by atoms with E-state index >= 15 is 4.79 Å². The van der Waals surface area contributed by atoms with Gasteiger partial charge in [0.2, 0.25) is 39.9 Å². The number of carbonyl (C=O) groups excluding carboxylic acids is 8. The molecule has 2 fully saturated rings. The number of H-pyrrole nitrogens is 1. The number of imidazole rings is 1. The number of aromatic nitrogens is 6. The molecule has 2 saturated heterocycles. The van der Waals surface area contributed by atoms with Gasteiger partial charge in [-0.15, -0.1) is 22.7 Å². The summed E-state index contributed by atoms with van der Waals surface area (Å²) in [5.41, 5.74) is 27.6. The molecule has 0 bridgehead atoms. The van der Waals surface area contributed by atoms with E-state index in [1.807, 2.05) is 0 Å². The first-order chi connectivity index (χ1) is 47.3. The van der Waals surface area contributed by atoms with Crippen LogP contribution in [0.4, 0.5) is 10.6 Å². The smallest absolute Gasteiger partial charge is 0.404 e. The Labute approximate surface area is 586 Å². The van der Waals surface area contributed by atoms with E-state index in [-0.39, 0.29) is 64.9 Å². The van der Waals surface area contributed by atoms with Crippen LogP contribution in [0.5, 0.6) is 0 Å². The molecule has 4 aromatic heterocycles. The van der Waals surface area contributed by atoms with Gasteiger partial charge in [0.1, 0.15) is 94.7 Å². The summed E-state index contributed by atoms with van der Waals surface area (Å²) < 4.78 is 61.6. The lowest BCUT2D eigenvalue weighted by atomic mass is 9.96. The molecule has 0 spiro atoms. The minimum Gasteiger partial charge on any atom is -0.726 e. The quantitative estimate of drug-likeness (QED) is 0.00880. The van der Waals surface area contributed by atoms with E-state index in [1.54, 1.807) is 11.6 Å². The predicted octanol–water partition coefficient (Wildman–Crippen LogP) is -8.70. The van der Waals surface area contributed by atoms with Crippen LogP contribution in [-0.4, -0.2) is 285 Å². The Morgan fingerprint density at radius 1 is 0.822 bits per heavy atom. The predicted molar refractivity (Wildman–Crippen MR) is 351 cm³/mol. The lowest BCUT2D eigenvalue weighted by molar-refractivity contribution is -0.372. The van der Waals surface area contributed by atoms with Crippen molar-refractivity contribution in [2.45, 2.75) is 157 Å². The van der Waals surface area contributed by atoms with Gasteiger partial charge in [0.25, 0.3) is 11.8 Å². The normalized spacial score (nSPS) is 23.4. The van der Waals surface area contributed by atoms with Crippen molar-refractivity contribution in [2.24, 2.45) is 28.9 Å². The number of ether oxygens (including phenoxy) is 5. The zero-order valence-corrected chi connectivity index (χ0v) is 58.2. The van der Waals surface area contributed by atoms with Gasteiger partial charge >= 0.3 is 6.09 Å². The second-order valence-corrected chi connectivity index (χ2v) is 28.4. The number of hydrogen-bond acceptors (Lipinski definition) is 34. The Kier molecular flexibility index (Phi) is 32.3. The number of nitrogens with zero attached hydrogens (tertiary/aromatic N) is 5. The molecule has 564 valence electrons. The van der Waals surface area contributed by atoms with Crippen molar-refractivity contribution in [1.29, 1.82) is 0 Å². The lowest BCUT2D eigenvalue weighted by Crippen LogP contribution is -2.65. The number of aliphatic hydroxyl groups excluding tert-OH is 8. The maximum Gasteiger partial charge on any atom is 0.404 e. The number of amides is 8. The highest BCUT2D eigenvalue weighted by Crippen LogP contribution is 2.35. The number of anilines is 1. The second-order valence-electron chi connectivity index (χ2n) is 23.2. The highest BCUT2D eigenvalue weighted by atomic mass is 32.3. The number of carbonyl (C=O) groups is 8. The Bertz CT molecular complexity index is 3540. The molecule has 19 atom stereocenters. The molecule has 0 unspecified atom stereocenters. The highest BCUT2D eigenvalue weighted by Gasteiger charge is 2.54. The number of nitrogens with two attached hydrogens (primary N) is 5. The fourth-order valence-corrected chi connectivity index (χ4v) is 12.3. The molecule has 26 N–H and O–H groups in total. The average molecular weight is 1510 g/mol. The van der Waals surface area contributed by atoms with Gasteiger partial charge in [-0.1, -0.05) is 6.92 Å². The largest absolute Gasteiger partial charge is 0.726 e. The van der Waals surface area contributed by atoms with Gasteiger partial charge in [-0.25, -0.2) is 38.1 Å². The van der Waals surface area contributed by atoms with E-state index in [4.69, 9.17) is 69.9 Å². The van der Waals surface area contributed by atoms with Crippen molar-refractivity contribution in [3.8, 4) is 9.88 Å². The molecule has 0 aromatic carbocycles. The summed E-state index contributed by atoms with van der Waals surface area (Å²) in [5, 5.41) is 106. The molecule has 0 aliphatic carbocycles. The molecule has 46 heteroatoms. The van der Waals surface area contributed by atoms with Crippen molar-refractivity contribution < 1.29 is 120 Å². The third kappa shape index (κ3) is 24.6. The summed E-state index contributed by atoms with van der Waals surface area (Å²) in [4.78, 5) is 131. The number of rotatable bonds is 35. The minimum atomic E-state index is -4.92. The van der Waals surface area contributed by atoms with E-state index in [0.29, 0.717) is 21.4 Å². The van der Waals surface area contributed by atoms with E-state index in [0.717, 1.165) is 24.7 Å². The maximum atomic E-state index is 15.2. The zero-order chi connectivity index (χ0) is 75.5. The van der Waals surface area contributed by atoms with Crippen LogP contribution in [-0.2, 0) is 75.4 Å². The van der Waals surface area contributed by atoms with Crippen molar-refractivity contribution in [2.75, 3.05) is 56.8 Å². The fourth-order valence-electron chi connectivity index (χ4n) is 9.79. The number of nitrogen functional groups attached to an aromatic ring is 1. The van der Waals surface area contributed by atoms with Gasteiger partial charge in [-0.2, -0.15) is 0 Å². The van der Waals surface area contributed by atoms with Crippen molar-refractivity contribution in [1.82, 2.24) is 61.8 Å². The molecule has 0 saturated carbocycles. The number of primary amides is 3. The van der Waals surface area contributed by atoms with Crippen LogP contribution in [0.25, 0.3) is 9.88 Å². The highest BCUT2D eigenvalue weighted by molar-refractivity contribution is 7.95. The van der Waals surface area contributed by atoms with E-state index in [2.05, 4.69) is 74.3 Å². The molecule has 6 rings (SSSR count). The van der Waals surface area contributed by atoms with E-state index in [9.17, 15) is 74.4 Å². The lowest BCUT2D eigenvalue weighted by Gasteiger charge is -2.47. The molecule has 2 aliphatic heterocycles. The summed E-state index contributed by atoms with van der Waals surface area (Å²) in [5.74, 6) is -7.68. The molecule has 101 heavy (non-hydrogen) atoms. The molecule has 8 amide bonds. The maximum absolute atomic E-state index is 15.2. The van der Waals surface area contributed by atoms with E-state index in [1.165, 1.54) is 50.4 Å². The molecule has 42 nitrogen and oxygen atoms in total. The summed E-state index contributed by atoms with van der Waals surface area (Å²) >= 11 is 2.56. The summed E-state index contributed by atoms with van der Waals surface area (Å²) in [7, 11) is -4.66. The molecule has 2 aliphatic rings. The van der Waals surface area contributed by atoms with Crippen LogP contribution >= 0.6 is 22.7 Å².